The summed E-state index contributed by atoms with van der Waals surface area (Å²) < 4.78 is 0.849. The first kappa shape index (κ1) is 21.5. The molecule has 5 nitrogen and oxygen atoms in total. The van der Waals surface area contributed by atoms with Gasteiger partial charge in [0.2, 0.25) is 0 Å². The molecule has 3 rings (SSSR count). The second-order valence-electron chi connectivity index (χ2n) is 9.01. The predicted molar refractivity (Wildman–Crippen MR) is 120 cm³/mol. The summed E-state index contributed by atoms with van der Waals surface area (Å²) in [5.41, 5.74) is 1.74. The Bertz CT molecular complexity index is 891. The molecule has 0 aromatic heterocycles. The highest BCUT2D eigenvalue weighted by Crippen LogP contribution is 2.28. The fourth-order valence-electron chi connectivity index (χ4n) is 4.23. The molecule has 0 bridgehead atoms. The summed E-state index contributed by atoms with van der Waals surface area (Å²) in [4.78, 5) is 25.1. The van der Waals surface area contributed by atoms with Gasteiger partial charge >= 0.3 is 0 Å². The molecule has 1 aliphatic rings. The molecule has 1 aliphatic heterocycles. The number of hydrogen-bond donors (Lipinski definition) is 3. The highest BCUT2D eigenvalue weighted by Gasteiger charge is 2.38. The minimum atomic E-state index is -0.192. The molecule has 1 fully saturated rings. The minimum absolute atomic E-state index is 0.0275. The zero-order valence-electron chi connectivity index (χ0n) is 17.3. The number of hydrogen-bond acceptors (Lipinski definition) is 3. The van der Waals surface area contributed by atoms with Crippen molar-refractivity contribution in [2.75, 3.05) is 5.32 Å². The Kier molecular flexibility index (Phi) is 6.15. The molecule has 29 heavy (non-hydrogen) atoms. The molecule has 0 saturated carbocycles. The number of piperidine rings is 1. The van der Waals surface area contributed by atoms with Crippen molar-refractivity contribution in [3.8, 4) is 0 Å². The first-order chi connectivity index (χ1) is 13.5. The summed E-state index contributed by atoms with van der Waals surface area (Å²) in [6.07, 6.45) is 1.76. The van der Waals surface area contributed by atoms with E-state index in [0.29, 0.717) is 16.8 Å². The van der Waals surface area contributed by atoms with Crippen LogP contribution in [-0.4, -0.2) is 28.9 Å². The molecule has 0 atom stereocenters. The maximum Gasteiger partial charge on any atom is 0.255 e. The number of carbonyl (C=O) groups excluding carboxylic acids is 2. The Morgan fingerprint density at radius 1 is 0.931 bits per heavy atom. The van der Waals surface area contributed by atoms with E-state index in [1.807, 2.05) is 12.1 Å². The largest absolute Gasteiger partial charge is 0.349 e. The van der Waals surface area contributed by atoms with E-state index in [-0.39, 0.29) is 28.9 Å². The van der Waals surface area contributed by atoms with Crippen LogP contribution in [0.3, 0.4) is 0 Å². The van der Waals surface area contributed by atoms with Crippen LogP contribution in [0.15, 0.2) is 53.0 Å². The molecule has 6 heteroatoms. The van der Waals surface area contributed by atoms with Gasteiger partial charge in [-0.1, -0.05) is 22.0 Å². The molecule has 2 aromatic carbocycles. The van der Waals surface area contributed by atoms with Crippen molar-refractivity contribution in [2.24, 2.45) is 0 Å². The van der Waals surface area contributed by atoms with Crippen LogP contribution in [0.5, 0.6) is 0 Å². The van der Waals surface area contributed by atoms with Crippen LogP contribution in [0.25, 0.3) is 0 Å². The van der Waals surface area contributed by atoms with Crippen LogP contribution < -0.4 is 16.0 Å². The summed E-state index contributed by atoms with van der Waals surface area (Å²) in [5.74, 6) is -0.281. The van der Waals surface area contributed by atoms with Gasteiger partial charge in [-0.15, -0.1) is 0 Å². The summed E-state index contributed by atoms with van der Waals surface area (Å²) >= 11 is 3.37. The van der Waals surface area contributed by atoms with Gasteiger partial charge in [-0.05, 0) is 83.0 Å². The van der Waals surface area contributed by atoms with Crippen molar-refractivity contribution in [1.29, 1.82) is 0 Å². The van der Waals surface area contributed by atoms with Crippen molar-refractivity contribution in [2.45, 2.75) is 57.7 Å². The predicted octanol–water partition coefficient (Wildman–Crippen LogP) is 4.74. The smallest absolute Gasteiger partial charge is 0.255 e. The first-order valence-corrected chi connectivity index (χ1v) is 10.6. The lowest BCUT2D eigenvalue weighted by atomic mass is 9.79. The molecule has 2 aromatic rings. The molecule has 154 valence electrons. The lowest BCUT2D eigenvalue weighted by Crippen LogP contribution is -2.62. The van der Waals surface area contributed by atoms with Gasteiger partial charge < -0.3 is 16.0 Å². The van der Waals surface area contributed by atoms with Gasteiger partial charge in [-0.25, -0.2) is 0 Å². The molecule has 1 saturated heterocycles. The highest BCUT2D eigenvalue weighted by atomic mass is 79.9. The number of nitrogens with one attached hydrogen (secondary N) is 3. The number of benzene rings is 2. The van der Waals surface area contributed by atoms with E-state index >= 15 is 0 Å². The van der Waals surface area contributed by atoms with Crippen LogP contribution in [-0.2, 0) is 0 Å². The van der Waals surface area contributed by atoms with Crippen LogP contribution in [0.1, 0.15) is 61.3 Å². The molecule has 0 spiro atoms. The maximum atomic E-state index is 12.7. The zero-order chi connectivity index (χ0) is 21.2. The molecule has 0 radical (unpaired) electrons. The maximum absolute atomic E-state index is 12.7. The van der Waals surface area contributed by atoms with Crippen molar-refractivity contribution in [1.82, 2.24) is 10.6 Å². The van der Waals surface area contributed by atoms with Crippen molar-refractivity contribution in [3.05, 3.63) is 64.1 Å². The molecule has 3 N–H and O–H groups in total. The third-order valence-electron chi connectivity index (χ3n) is 5.02. The summed E-state index contributed by atoms with van der Waals surface area (Å²) in [6.45, 7) is 8.65. The van der Waals surface area contributed by atoms with Gasteiger partial charge in [-0.3, -0.25) is 9.59 Å². The normalized spacial score (nSPS) is 18.1. The average molecular weight is 458 g/mol. The van der Waals surface area contributed by atoms with Crippen LogP contribution in [0, 0.1) is 0 Å². The van der Waals surface area contributed by atoms with E-state index in [1.54, 1.807) is 36.4 Å². The van der Waals surface area contributed by atoms with Crippen LogP contribution in [0.2, 0.25) is 0 Å². The number of anilines is 1. The Hall–Kier alpha value is -2.18. The molecule has 1 heterocycles. The molecular weight excluding hydrogens is 430 g/mol. The minimum Gasteiger partial charge on any atom is -0.349 e. The quantitative estimate of drug-likeness (QED) is 0.620. The third-order valence-corrected chi connectivity index (χ3v) is 5.51. The number of amides is 2. The Labute approximate surface area is 180 Å². The van der Waals surface area contributed by atoms with Gasteiger partial charge in [-0.2, -0.15) is 0 Å². The number of halogens is 1. The van der Waals surface area contributed by atoms with Gasteiger partial charge in [0.05, 0.1) is 0 Å². The topological polar surface area (TPSA) is 70.2 Å². The number of carbonyl (C=O) groups is 2. The van der Waals surface area contributed by atoms with E-state index in [0.717, 1.165) is 17.3 Å². The van der Waals surface area contributed by atoms with E-state index in [2.05, 4.69) is 59.6 Å². The second-order valence-corrected chi connectivity index (χ2v) is 9.93. The fraction of sp³-hybridized carbons (Fsp3) is 0.391. The summed E-state index contributed by atoms with van der Waals surface area (Å²) in [5, 5.41) is 9.65. The van der Waals surface area contributed by atoms with E-state index in [1.165, 1.54) is 0 Å². The zero-order valence-corrected chi connectivity index (χ0v) is 18.9. The van der Waals surface area contributed by atoms with Crippen molar-refractivity contribution in [3.63, 3.8) is 0 Å². The van der Waals surface area contributed by atoms with Gasteiger partial charge in [0.15, 0.2) is 0 Å². The van der Waals surface area contributed by atoms with Crippen LogP contribution >= 0.6 is 15.9 Å². The Balaban J connectivity index is 1.62. The second kappa shape index (κ2) is 8.28. The van der Waals surface area contributed by atoms with Crippen molar-refractivity contribution >= 4 is 33.4 Å². The van der Waals surface area contributed by atoms with Gasteiger partial charge in [0, 0.05) is 38.4 Å². The molecule has 2 amide bonds. The first-order valence-electron chi connectivity index (χ1n) is 9.80. The SMILES string of the molecule is CC1(C)CC(NC(=O)c2ccc(NC(=O)c3cccc(Br)c3)cc2)CC(C)(C)N1. The number of rotatable bonds is 4. The van der Waals surface area contributed by atoms with Gasteiger partial charge in [0.25, 0.3) is 11.8 Å². The molecular formula is C23H28BrN3O2. The summed E-state index contributed by atoms with van der Waals surface area (Å²) in [6, 6.07) is 14.3. The monoisotopic (exact) mass is 457 g/mol. The fourth-order valence-corrected chi connectivity index (χ4v) is 4.63. The Morgan fingerprint density at radius 2 is 1.55 bits per heavy atom. The van der Waals surface area contributed by atoms with E-state index in [9.17, 15) is 9.59 Å². The van der Waals surface area contributed by atoms with Crippen molar-refractivity contribution < 1.29 is 9.59 Å². The highest BCUT2D eigenvalue weighted by molar-refractivity contribution is 9.10. The summed E-state index contributed by atoms with van der Waals surface area (Å²) in [7, 11) is 0. The Morgan fingerprint density at radius 3 is 2.14 bits per heavy atom. The van der Waals surface area contributed by atoms with E-state index in [4.69, 9.17) is 0 Å². The van der Waals surface area contributed by atoms with E-state index < -0.39 is 0 Å². The van der Waals surface area contributed by atoms with Crippen LogP contribution in [0.4, 0.5) is 5.69 Å². The third kappa shape index (κ3) is 5.90. The molecule has 0 aliphatic carbocycles. The lowest BCUT2D eigenvalue weighted by molar-refractivity contribution is 0.0872. The average Bonchev–Trinajstić information content (AvgIpc) is 2.59. The molecule has 0 unspecified atom stereocenters. The standard InChI is InChI=1S/C23H28BrN3O2/c1-22(2)13-19(14-23(3,4)27-22)26-20(28)15-8-10-18(11-9-15)25-21(29)16-6-5-7-17(24)12-16/h5-12,19,27H,13-14H2,1-4H3,(H,25,29)(H,26,28). The lowest BCUT2D eigenvalue weighted by Gasteiger charge is -2.46. The van der Waals surface area contributed by atoms with Gasteiger partial charge in [0.1, 0.15) is 0 Å².